The quantitative estimate of drug-likeness (QED) is 0.359. The maximum atomic E-state index is 12.4. The van der Waals surface area contributed by atoms with Gasteiger partial charge >= 0.3 is 5.63 Å². The van der Waals surface area contributed by atoms with Crippen LogP contribution in [-0.4, -0.2) is 74.0 Å². The van der Waals surface area contributed by atoms with Crippen LogP contribution in [0.2, 0.25) is 0 Å². The molecule has 39 heavy (non-hydrogen) atoms. The first-order valence-corrected chi connectivity index (χ1v) is 14.4. The molecule has 0 spiro atoms. The van der Waals surface area contributed by atoms with Crippen LogP contribution in [0.4, 0.5) is 0 Å². The zero-order valence-corrected chi connectivity index (χ0v) is 22.9. The van der Waals surface area contributed by atoms with E-state index in [0.717, 1.165) is 37.7 Å². The molecule has 4 fully saturated rings. The summed E-state index contributed by atoms with van der Waals surface area (Å²) in [5, 5.41) is 54.3. The third-order valence-corrected chi connectivity index (χ3v) is 11.5. The number of aliphatic hydroxyl groups is 5. The lowest BCUT2D eigenvalue weighted by molar-refractivity contribution is -0.301. The average molecular weight is 547 g/mol. The Morgan fingerprint density at radius 1 is 0.974 bits per heavy atom. The van der Waals surface area contributed by atoms with Gasteiger partial charge in [-0.3, -0.25) is 0 Å². The predicted octanol–water partition coefficient (Wildman–Crippen LogP) is 1.98. The van der Waals surface area contributed by atoms with Crippen molar-refractivity contribution in [1.82, 2.24) is 0 Å². The Bertz CT molecular complexity index is 1160. The minimum atomic E-state index is -1.33. The van der Waals surface area contributed by atoms with Gasteiger partial charge in [-0.1, -0.05) is 25.5 Å². The summed E-state index contributed by atoms with van der Waals surface area (Å²) in [6, 6.07) is 3.11. The maximum absolute atomic E-state index is 12.4. The van der Waals surface area contributed by atoms with Gasteiger partial charge in [0.2, 0.25) is 0 Å². The number of allylic oxidation sites excluding steroid dienone is 1. The summed E-state index contributed by atoms with van der Waals surface area (Å²) in [6.45, 7) is 6.03. The third kappa shape index (κ3) is 4.03. The molecule has 1 saturated heterocycles. The van der Waals surface area contributed by atoms with Crippen molar-refractivity contribution >= 4 is 0 Å². The van der Waals surface area contributed by atoms with E-state index in [1.165, 1.54) is 17.9 Å². The summed E-state index contributed by atoms with van der Waals surface area (Å²) in [6.07, 6.45) is 2.27. The number of ether oxygens (including phenoxy) is 2. The largest absolute Gasteiger partial charge is 0.431 e. The van der Waals surface area contributed by atoms with Gasteiger partial charge in [0.1, 0.15) is 18.3 Å². The van der Waals surface area contributed by atoms with Gasteiger partial charge in [0, 0.05) is 23.8 Å². The van der Waals surface area contributed by atoms with Crippen molar-refractivity contribution in [1.29, 1.82) is 0 Å². The molecule has 216 valence electrons. The lowest BCUT2D eigenvalue weighted by Gasteiger charge is -2.61. The average Bonchev–Trinajstić information content (AvgIpc) is 3.11. The summed E-state index contributed by atoms with van der Waals surface area (Å²) < 4.78 is 16.9. The van der Waals surface area contributed by atoms with E-state index < -0.39 is 53.5 Å². The number of fused-ring (bicyclic) bond motifs is 5. The predicted molar refractivity (Wildman–Crippen MR) is 140 cm³/mol. The van der Waals surface area contributed by atoms with E-state index in [2.05, 4.69) is 19.9 Å². The highest BCUT2D eigenvalue weighted by molar-refractivity contribution is 5.32. The van der Waals surface area contributed by atoms with Gasteiger partial charge in [-0.2, -0.15) is 0 Å². The van der Waals surface area contributed by atoms with Crippen LogP contribution in [0.3, 0.4) is 0 Å². The smallest absolute Gasteiger partial charge is 0.335 e. The van der Waals surface area contributed by atoms with Crippen LogP contribution < -0.4 is 5.63 Å². The van der Waals surface area contributed by atoms with Gasteiger partial charge in [0.15, 0.2) is 6.29 Å². The molecule has 0 amide bonds. The highest BCUT2D eigenvalue weighted by atomic mass is 16.7. The van der Waals surface area contributed by atoms with Gasteiger partial charge in [-0.05, 0) is 74.3 Å². The Hall–Kier alpha value is -1.59. The molecule has 5 N–H and O–H groups in total. The molecular formula is C30H42O9. The van der Waals surface area contributed by atoms with E-state index in [1.807, 2.05) is 0 Å². The Morgan fingerprint density at radius 2 is 1.74 bits per heavy atom. The van der Waals surface area contributed by atoms with E-state index in [0.29, 0.717) is 12.8 Å². The van der Waals surface area contributed by atoms with Gasteiger partial charge in [0.25, 0.3) is 0 Å². The minimum absolute atomic E-state index is 0.0345. The fourth-order valence-corrected chi connectivity index (χ4v) is 9.25. The van der Waals surface area contributed by atoms with Crippen molar-refractivity contribution in [2.75, 3.05) is 0 Å². The first kappa shape index (κ1) is 27.6. The molecule has 9 heteroatoms. The van der Waals surface area contributed by atoms with E-state index in [9.17, 15) is 30.3 Å². The molecule has 0 unspecified atom stereocenters. The van der Waals surface area contributed by atoms with Crippen LogP contribution in [0, 0.1) is 22.7 Å². The Balaban J connectivity index is 1.23. The molecule has 1 aliphatic heterocycles. The third-order valence-electron chi connectivity index (χ3n) is 11.5. The number of hydrogen-bond donors (Lipinski definition) is 5. The monoisotopic (exact) mass is 546 g/mol. The van der Waals surface area contributed by atoms with Crippen molar-refractivity contribution < 1.29 is 39.4 Å². The van der Waals surface area contributed by atoms with Gasteiger partial charge < -0.3 is 39.4 Å². The van der Waals surface area contributed by atoms with Crippen LogP contribution in [0.15, 0.2) is 39.3 Å². The summed E-state index contributed by atoms with van der Waals surface area (Å²) in [4.78, 5) is 11.6. The van der Waals surface area contributed by atoms with Crippen molar-refractivity contribution in [2.24, 2.45) is 22.7 Å². The summed E-state index contributed by atoms with van der Waals surface area (Å²) in [7, 11) is 0. The second-order valence-corrected chi connectivity index (χ2v) is 13.3. The van der Waals surface area contributed by atoms with Crippen LogP contribution in [0.1, 0.15) is 77.2 Å². The minimum Gasteiger partial charge on any atom is -0.431 e. The van der Waals surface area contributed by atoms with Gasteiger partial charge in [-0.25, -0.2) is 4.79 Å². The lowest BCUT2D eigenvalue weighted by Crippen LogP contribution is -2.60. The fourth-order valence-electron chi connectivity index (χ4n) is 9.25. The lowest BCUT2D eigenvalue weighted by atomic mass is 9.45. The van der Waals surface area contributed by atoms with E-state index in [4.69, 9.17) is 13.9 Å². The van der Waals surface area contributed by atoms with Crippen LogP contribution in [0.5, 0.6) is 0 Å². The SMILES string of the molecule is C[C@@H]1O[C@@H](O[C@@H]2C=C3CC[C@@H]4[C@@H](CC[C@]5(C)[C@@H](c6ccc(=O)oc6)[C@@H](O)C[C@]45O)[C@@]3(C)CC2)[C@H](O)[C@H](O)[C@H]1O. The molecule has 3 saturated carbocycles. The highest BCUT2D eigenvalue weighted by Gasteiger charge is 2.69. The molecule has 2 heterocycles. The van der Waals surface area contributed by atoms with Gasteiger partial charge in [-0.15, -0.1) is 0 Å². The van der Waals surface area contributed by atoms with Crippen LogP contribution in [0.25, 0.3) is 0 Å². The normalized spacial score (nSPS) is 51.4. The molecule has 9 nitrogen and oxygen atoms in total. The molecule has 6 rings (SSSR count). The molecule has 13 atom stereocenters. The molecular weight excluding hydrogens is 504 g/mol. The topological polar surface area (TPSA) is 150 Å². The zero-order chi connectivity index (χ0) is 27.9. The summed E-state index contributed by atoms with van der Waals surface area (Å²) in [5.41, 5.74) is -0.0587. The molecule has 0 aromatic carbocycles. The van der Waals surface area contributed by atoms with Crippen molar-refractivity contribution in [3.8, 4) is 0 Å². The van der Waals surface area contributed by atoms with E-state index in [-0.39, 0.29) is 29.3 Å². The summed E-state index contributed by atoms with van der Waals surface area (Å²) >= 11 is 0. The number of rotatable bonds is 3. The van der Waals surface area contributed by atoms with Crippen LogP contribution in [-0.2, 0) is 9.47 Å². The van der Waals surface area contributed by atoms with Crippen molar-refractivity contribution in [3.05, 3.63) is 46.0 Å². The maximum Gasteiger partial charge on any atom is 0.335 e. The Labute approximate surface area is 228 Å². The molecule has 4 aliphatic carbocycles. The standard InChI is InChI=1S/C30H42O9/c1-15-24(33)25(34)26(35)27(38-15)39-18-8-10-28(2)17(12-18)5-6-20-19(28)9-11-29(3)23(21(31)13-30(20,29)36)16-4-7-22(32)37-14-16/h4,7,12,14-15,18-21,23-27,31,33-36H,5-6,8-11,13H2,1-3H3/t15-,18-,19+,20+,21-,23-,24-,25+,26+,27-,28-,29+,30-/m0/s1. The van der Waals surface area contributed by atoms with Crippen LogP contribution >= 0.6 is 0 Å². The van der Waals surface area contributed by atoms with E-state index >= 15 is 0 Å². The molecule has 5 aliphatic rings. The zero-order valence-electron chi connectivity index (χ0n) is 22.9. The van der Waals surface area contributed by atoms with Crippen molar-refractivity contribution in [2.45, 2.75) is 120 Å². The molecule has 1 aromatic rings. The van der Waals surface area contributed by atoms with Gasteiger partial charge in [0.05, 0.1) is 30.2 Å². The van der Waals surface area contributed by atoms with Crippen molar-refractivity contribution in [3.63, 3.8) is 0 Å². The fraction of sp³-hybridized carbons (Fsp3) is 0.767. The molecule has 1 aromatic heterocycles. The molecule has 0 radical (unpaired) electrons. The first-order chi connectivity index (χ1) is 18.4. The van der Waals surface area contributed by atoms with E-state index in [1.54, 1.807) is 13.0 Å². The number of hydrogen-bond acceptors (Lipinski definition) is 9. The summed E-state index contributed by atoms with van der Waals surface area (Å²) in [5.74, 6) is -0.0169. The molecule has 0 bridgehead atoms. The second kappa shape index (κ2) is 9.48. The number of aliphatic hydroxyl groups excluding tert-OH is 4. The first-order valence-electron chi connectivity index (χ1n) is 14.4. The Morgan fingerprint density at radius 3 is 2.46 bits per heavy atom. The second-order valence-electron chi connectivity index (χ2n) is 13.3. The Kier molecular flexibility index (Phi) is 6.70. The highest BCUT2D eigenvalue weighted by Crippen LogP contribution is 2.70.